The summed E-state index contributed by atoms with van der Waals surface area (Å²) < 4.78 is 17.3. The van der Waals surface area contributed by atoms with Crippen molar-refractivity contribution >= 4 is 59.1 Å². The molecule has 3 fully saturated rings. The molecule has 3 saturated heterocycles. The average Bonchev–Trinajstić information content (AvgIpc) is 4.13. The number of ether oxygens (including phenoxy) is 3. The quantitative estimate of drug-likeness (QED) is 0.124. The Labute approximate surface area is 466 Å². The second-order valence-electron chi connectivity index (χ2n) is 23.1. The van der Waals surface area contributed by atoms with Gasteiger partial charge in [-0.1, -0.05) is 73.9 Å². The van der Waals surface area contributed by atoms with Crippen molar-refractivity contribution < 1.29 is 67.3 Å². The topological polar surface area (TPSA) is 294 Å². The first-order valence-electron chi connectivity index (χ1n) is 28.1. The first kappa shape index (κ1) is 65.4. The molecule has 1 aromatic rings. The predicted molar refractivity (Wildman–Crippen MR) is 292 cm³/mol. The number of hydrogen-bond acceptors (Lipinski definition) is 15. The molecule has 3 aliphatic heterocycles. The minimum atomic E-state index is -1.75. The molecule has 0 aliphatic carbocycles. The van der Waals surface area contributed by atoms with Crippen LogP contribution in [-0.4, -0.2) is 185 Å². The summed E-state index contributed by atoms with van der Waals surface area (Å²) in [5, 5.41) is 20.1. The number of aliphatic hydroxyl groups excluding tert-OH is 1. The average molecular weight is 1110 g/mol. The van der Waals surface area contributed by atoms with E-state index in [1.54, 1.807) is 52.0 Å². The van der Waals surface area contributed by atoms with E-state index in [-0.39, 0.29) is 44.1 Å². The maximum atomic E-state index is 15.0. The molecule has 22 heteroatoms. The maximum absolute atomic E-state index is 15.0. The highest BCUT2D eigenvalue weighted by Crippen LogP contribution is 2.27. The summed E-state index contributed by atoms with van der Waals surface area (Å²) >= 11 is 0. The van der Waals surface area contributed by atoms with Crippen LogP contribution in [0.3, 0.4) is 0 Å². The van der Waals surface area contributed by atoms with Gasteiger partial charge in [-0.3, -0.25) is 43.2 Å². The smallest absolute Gasteiger partial charge is 0.329 e. The van der Waals surface area contributed by atoms with Crippen molar-refractivity contribution in [3.63, 3.8) is 0 Å². The predicted octanol–water partition coefficient (Wildman–Crippen LogP) is 2.28. The Morgan fingerprint density at radius 1 is 0.873 bits per heavy atom. The number of nitrogens with zero attached hydrogens (tertiary/aromatic N) is 4. The molecule has 6 N–H and O–H groups in total. The summed E-state index contributed by atoms with van der Waals surface area (Å²) in [5.41, 5.74) is 6.52. The van der Waals surface area contributed by atoms with E-state index >= 15 is 4.79 Å². The molecule has 0 bridgehead atoms. The van der Waals surface area contributed by atoms with Gasteiger partial charge in [0.25, 0.3) is 0 Å². The molecule has 0 radical (unpaired) electrons. The van der Waals surface area contributed by atoms with Crippen LogP contribution in [0.15, 0.2) is 24.3 Å². The molecule has 13 atom stereocenters. The lowest BCUT2D eigenvalue weighted by Crippen LogP contribution is -2.62. The highest BCUT2D eigenvalue weighted by Gasteiger charge is 2.46. The van der Waals surface area contributed by atoms with Crippen LogP contribution < -0.4 is 26.4 Å². The normalized spacial score (nSPS) is 27.7. The van der Waals surface area contributed by atoms with E-state index in [1.807, 2.05) is 27.7 Å². The summed E-state index contributed by atoms with van der Waals surface area (Å²) in [5.74, 6) is -9.86. The van der Waals surface area contributed by atoms with Crippen LogP contribution in [0.4, 0.5) is 0 Å². The van der Waals surface area contributed by atoms with Gasteiger partial charge in [0.2, 0.25) is 41.4 Å². The molecule has 0 unspecified atom stereocenters. The first-order chi connectivity index (χ1) is 37.0. The molecular weight excluding hydrogens is 1020 g/mol. The summed E-state index contributed by atoms with van der Waals surface area (Å²) in [7, 11) is 4.33. The number of cyclic esters (lactones) is 2. The largest absolute Gasteiger partial charge is 0.497 e. The summed E-state index contributed by atoms with van der Waals surface area (Å²) in [6.45, 7) is 18.8. The van der Waals surface area contributed by atoms with E-state index in [0.29, 0.717) is 43.5 Å². The fourth-order valence-corrected chi connectivity index (χ4v) is 10.5. The molecule has 4 rings (SSSR count). The number of amides is 7. The number of benzene rings is 1. The van der Waals surface area contributed by atoms with E-state index in [2.05, 4.69) is 16.0 Å². The molecule has 442 valence electrons. The number of methoxy groups -OCH3 is 1. The van der Waals surface area contributed by atoms with E-state index in [1.165, 1.54) is 61.6 Å². The van der Waals surface area contributed by atoms with Gasteiger partial charge in [-0.25, -0.2) is 4.79 Å². The number of likely N-dealkylation sites (N-methyl/N-ethyl adjacent to an activating group) is 2. The Kier molecular flexibility index (Phi) is 24.3. The fraction of sp³-hybridized carbons (Fsp3) is 0.719. The molecule has 3 heterocycles. The lowest BCUT2D eigenvalue weighted by molar-refractivity contribution is -0.163. The van der Waals surface area contributed by atoms with Crippen molar-refractivity contribution in [2.45, 2.75) is 201 Å². The number of rotatable bonds is 15. The van der Waals surface area contributed by atoms with Crippen LogP contribution >= 0.6 is 0 Å². The number of Topliss-reactive ketones (excluding diaryl/α,β-unsaturated/α-hetero) is 1. The Balaban J connectivity index is 1.89. The van der Waals surface area contributed by atoms with E-state index in [4.69, 9.17) is 19.9 Å². The third kappa shape index (κ3) is 16.9. The molecule has 79 heavy (non-hydrogen) atoms. The van der Waals surface area contributed by atoms with Crippen LogP contribution in [0.25, 0.3) is 0 Å². The molecule has 1 aromatic carbocycles. The van der Waals surface area contributed by atoms with Crippen molar-refractivity contribution in [2.24, 2.45) is 35.3 Å². The van der Waals surface area contributed by atoms with Crippen LogP contribution in [0.5, 0.6) is 5.75 Å². The lowest BCUT2D eigenvalue weighted by Gasteiger charge is -2.36. The van der Waals surface area contributed by atoms with E-state index in [9.17, 15) is 48.3 Å². The monoisotopic (exact) mass is 1110 g/mol. The van der Waals surface area contributed by atoms with Gasteiger partial charge in [-0.2, -0.15) is 0 Å². The molecule has 0 spiro atoms. The lowest BCUT2D eigenvalue weighted by atomic mass is 9.91. The Morgan fingerprint density at radius 3 is 2.08 bits per heavy atom. The SMILES string of the molecule is CC[C@H](C)[C@H]1NC(=O)[C@@H](NC(=O)[C@@H](CC(C)C)N(C)C(=O)[C@@H]2CCCN2C(=O)[C@H](C)N)[C@H](C)OC(=O)[C@H](Cc2ccc(OC)cc2)N(C)C(=O)[C@@H]2CCCN2C(=O)[C@@H](CC(C)C)NC(=O)[C@@H](C)C(=O)[C@@H](C(C)C)OC(=O)C[C@H]1O. The number of carbonyl (C=O) groups is 10. The van der Waals surface area contributed by atoms with Gasteiger partial charge in [0.15, 0.2) is 11.9 Å². The van der Waals surface area contributed by atoms with Gasteiger partial charge in [-0.15, -0.1) is 0 Å². The number of aliphatic hydroxyl groups is 1. The van der Waals surface area contributed by atoms with E-state index < -0.39 is 150 Å². The number of ketones is 1. The van der Waals surface area contributed by atoms with Crippen molar-refractivity contribution in [1.82, 2.24) is 35.6 Å². The van der Waals surface area contributed by atoms with Gasteiger partial charge in [0.1, 0.15) is 48.1 Å². The zero-order valence-electron chi connectivity index (χ0n) is 48.9. The molecule has 22 nitrogen and oxygen atoms in total. The Hall–Kier alpha value is -6.16. The molecule has 0 aromatic heterocycles. The molecule has 0 saturated carbocycles. The Bertz CT molecular complexity index is 2330. The zero-order chi connectivity index (χ0) is 59.3. The van der Waals surface area contributed by atoms with Gasteiger partial charge in [0.05, 0.1) is 37.6 Å². The number of nitrogens with two attached hydrogens (primary N) is 1. The number of carbonyl (C=O) groups excluding carboxylic acids is 10. The number of hydrogen-bond donors (Lipinski definition) is 5. The van der Waals surface area contributed by atoms with Crippen LogP contribution in [-0.2, 0) is 63.8 Å². The minimum absolute atomic E-state index is 0.0967. The molecule has 3 aliphatic rings. The van der Waals surface area contributed by atoms with Crippen LogP contribution in [0.1, 0.15) is 133 Å². The van der Waals surface area contributed by atoms with Gasteiger partial charge >= 0.3 is 11.9 Å². The summed E-state index contributed by atoms with van der Waals surface area (Å²) in [6, 6.07) is -2.88. The second kappa shape index (κ2) is 29.3. The highest BCUT2D eigenvalue weighted by atomic mass is 16.6. The zero-order valence-corrected chi connectivity index (χ0v) is 48.9. The highest BCUT2D eigenvalue weighted by molar-refractivity contribution is 6.05. The van der Waals surface area contributed by atoms with Crippen LogP contribution in [0.2, 0.25) is 0 Å². The third-order valence-corrected chi connectivity index (χ3v) is 15.5. The van der Waals surface area contributed by atoms with Crippen molar-refractivity contribution in [2.75, 3.05) is 34.3 Å². The van der Waals surface area contributed by atoms with Crippen LogP contribution in [0, 0.1) is 29.6 Å². The number of esters is 2. The standard InChI is InChI=1S/C57H90N8O14/c1-15-33(8)46-44(66)29-45(67)79-49(32(6)7)48(68)34(9)50(69)59-39(26-30(2)3)54(73)65-25-17-19-41(65)56(75)63(13)43(28-37-20-22-38(77-14)23-21-37)57(76)78-36(11)47(52(71)60-46)61-51(70)42(27-31(4)5)62(12)55(74)40-18-16-24-64(40)53(72)35(10)58/h20-23,30-36,39-44,46-47,49,66H,15-19,24-29,58H2,1-14H3,(H,59,69)(H,60,71)(H,61,70)/t33-,34-,35-,36-,39+,40-,41-,42+,43-,44+,46+,47-,49+/m0/s1. The van der Waals surface area contributed by atoms with Crippen molar-refractivity contribution in [3.8, 4) is 5.75 Å². The van der Waals surface area contributed by atoms with Gasteiger partial charge in [-0.05, 0) is 101 Å². The van der Waals surface area contributed by atoms with Gasteiger partial charge < -0.3 is 60.6 Å². The molecule has 7 amide bonds. The maximum Gasteiger partial charge on any atom is 0.329 e. The number of fused-ring (bicyclic) bond motifs is 1. The summed E-state index contributed by atoms with van der Waals surface area (Å²) in [4.78, 5) is 149. The minimum Gasteiger partial charge on any atom is -0.497 e. The van der Waals surface area contributed by atoms with Crippen molar-refractivity contribution in [3.05, 3.63) is 29.8 Å². The number of likely N-dealkylation sites (tertiary alicyclic amines) is 1. The Morgan fingerprint density at radius 2 is 1.51 bits per heavy atom. The number of nitrogens with one attached hydrogen (secondary N) is 3. The van der Waals surface area contributed by atoms with Crippen molar-refractivity contribution in [1.29, 1.82) is 0 Å². The molecular formula is C57H90N8O14. The van der Waals surface area contributed by atoms with E-state index in [0.717, 1.165) is 0 Å². The summed E-state index contributed by atoms with van der Waals surface area (Å²) in [6.07, 6.45) is -3.41. The first-order valence-corrected chi connectivity index (χ1v) is 28.1. The second-order valence-corrected chi connectivity index (χ2v) is 23.1. The van der Waals surface area contributed by atoms with Gasteiger partial charge in [0, 0.05) is 33.6 Å². The fourth-order valence-electron chi connectivity index (χ4n) is 10.5. The third-order valence-electron chi connectivity index (χ3n) is 15.5.